The number of esters is 1. The van der Waals surface area contributed by atoms with Crippen LogP contribution in [-0.2, 0) is 25.5 Å². The van der Waals surface area contributed by atoms with Gasteiger partial charge in [0.25, 0.3) is 0 Å². The molecule has 0 amide bonds. The average molecular weight is 336 g/mol. The molecule has 0 aromatic heterocycles. The number of carboxylic acid groups (broad SMARTS) is 1. The zero-order valence-electron chi connectivity index (χ0n) is 14.1. The first-order valence-corrected chi connectivity index (χ1v) is 7.60. The summed E-state index contributed by atoms with van der Waals surface area (Å²) in [5.41, 5.74) is 10.2. The maximum atomic E-state index is 12.7. The fourth-order valence-electron chi connectivity index (χ4n) is 2.77. The van der Waals surface area contributed by atoms with E-state index >= 15 is 0 Å². The van der Waals surface area contributed by atoms with Crippen LogP contribution < -0.4 is 11.5 Å². The molecule has 0 radical (unpaired) electrons. The third-order valence-corrected chi connectivity index (χ3v) is 4.01. The Morgan fingerprint density at radius 1 is 1.21 bits per heavy atom. The highest BCUT2D eigenvalue weighted by molar-refractivity contribution is 6.13. The molecule has 0 fully saturated rings. The summed E-state index contributed by atoms with van der Waals surface area (Å²) >= 11 is 0. The third kappa shape index (κ3) is 3.98. The molecule has 3 unspecified atom stereocenters. The first-order valence-electron chi connectivity index (χ1n) is 7.60. The smallest absolute Gasteiger partial charge is 0.332 e. The van der Waals surface area contributed by atoms with E-state index < -0.39 is 41.1 Å². The lowest BCUT2D eigenvalue weighted by molar-refractivity contribution is -0.163. The predicted molar refractivity (Wildman–Crippen MR) is 88.0 cm³/mol. The number of hydrogen-bond donors (Lipinski definition) is 3. The van der Waals surface area contributed by atoms with E-state index in [9.17, 15) is 19.5 Å². The lowest BCUT2D eigenvalue weighted by atomic mass is 9.72. The normalized spacial score (nSPS) is 16.1. The van der Waals surface area contributed by atoms with Gasteiger partial charge in [-0.1, -0.05) is 44.2 Å². The van der Waals surface area contributed by atoms with Gasteiger partial charge < -0.3 is 21.3 Å². The summed E-state index contributed by atoms with van der Waals surface area (Å²) in [4.78, 5) is 36.5. The lowest BCUT2D eigenvalue weighted by Crippen LogP contribution is -2.67. The zero-order chi connectivity index (χ0) is 18.5. The van der Waals surface area contributed by atoms with Crippen LogP contribution in [-0.4, -0.2) is 41.5 Å². The number of carboxylic acids is 1. The summed E-state index contributed by atoms with van der Waals surface area (Å²) < 4.78 is 4.64. The average Bonchev–Trinajstić information content (AvgIpc) is 2.54. The molecule has 0 saturated heterocycles. The van der Waals surface area contributed by atoms with E-state index in [1.54, 1.807) is 38.1 Å². The van der Waals surface area contributed by atoms with Gasteiger partial charge in [0.15, 0.2) is 11.3 Å². The largest absolute Gasteiger partial charge is 0.480 e. The first kappa shape index (κ1) is 19.8. The standard InChI is InChI=1S/C17H24N2O5/c1-10(2)13(15(21)24-3)17(19,16(22)23)14(20)12(18)9-11-7-5-4-6-8-11/h4-8,10,12-13H,9,18-19H2,1-3H3,(H,22,23). The summed E-state index contributed by atoms with van der Waals surface area (Å²) in [5.74, 6) is -5.21. The van der Waals surface area contributed by atoms with Crippen LogP contribution in [0.15, 0.2) is 30.3 Å². The Morgan fingerprint density at radius 3 is 2.17 bits per heavy atom. The number of rotatable bonds is 8. The van der Waals surface area contributed by atoms with Crippen molar-refractivity contribution in [3.05, 3.63) is 35.9 Å². The van der Waals surface area contributed by atoms with Crippen LogP contribution in [0, 0.1) is 11.8 Å². The van der Waals surface area contributed by atoms with Gasteiger partial charge in [-0.25, -0.2) is 4.79 Å². The molecule has 1 rings (SSSR count). The number of Topliss-reactive ketones (excluding diaryl/α,β-unsaturated/α-hetero) is 1. The molecule has 0 saturated carbocycles. The highest BCUT2D eigenvalue weighted by Gasteiger charge is 2.55. The molecule has 7 nitrogen and oxygen atoms in total. The van der Waals surface area contributed by atoms with Crippen molar-refractivity contribution in [2.45, 2.75) is 31.8 Å². The number of hydrogen-bond acceptors (Lipinski definition) is 6. The van der Waals surface area contributed by atoms with E-state index in [0.717, 1.165) is 12.7 Å². The van der Waals surface area contributed by atoms with Gasteiger partial charge in [0, 0.05) is 0 Å². The van der Waals surface area contributed by atoms with Crippen LogP contribution in [0.5, 0.6) is 0 Å². The van der Waals surface area contributed by atoms with E-state index in [1.807, 2.05) is 6.07 Å². The quantitative estimate of drug-likeness (QED) is 0.461. The van der Waals surface area contributed by atoms with Crippen molar-refractivity contribution < 1.29 is 24.2 Å². The second kappa shape index (κ2) is 8.03. The van der Waals surface area contributed by atoms with Crippen molar-refractivity contribution in [2.75, 3.05) is 7.11 Å². The number of carbonyl (C=O) groups is 3. The Balaban J connectivity index is 3.18. The van der Waals surface area contributed by atoms with Crippen LogP contribution in [0.1, 0.15) is 19.4 Å². The monoisotopic (exact) mass is 336 g/mol. The molecular weight excluding hydrogens is 312 g/mol. The number of ether oxygens (including phenoxy) is 1. The highest BCUT2D eigenvalue weighted by atomic mass is 16.5. The fraction of sp³-hybridized carbons (Fsp3) is 0.471. The van der Waals surface area contributed by atoms with Gasteiger partial charge in [-0.3, -0.25) is 9.59 Å². The van der Waals surface area contributed by atoms with Crippen molar-refractivity contribution in [2.24, 2.45) is 23.3 Å². The molecule has 0 bridgehead atoms. The SMILES string of the molecule is COC(=O)C(C(C)C)C(N)(C(=O)O)C(=O)C(N)Cc1ccccc1. The van der Waals surface area contributed by atoms with Gasteiger partial charge in [-0.15, -0.1) is 0 Å². The predicted octanol–water partition coefficient (Wildman–Crippen LogP) is 0.353. The van der Waals surface area contributed by atoms with Crippen LogP contribution in [0.4, 0.5) is 0 Å². The zero-order valence-corrected chi connectivity index (χ0v) is 14.1. The van der Waals surface area contributed by atoms with E-state index in [1.165, 1.54) is 0 Å². The van der Waals surface area contributed by atoms with Gasteiger partial charge in [-0.2, -0.15) is 0 Å². The minimum absolute atomic E-state index is 0.123. The second-order valence-electron chi connectivity index (χ2n) is 6.08. The number of ketones is 1. The van der Waals surface area contributed by atoms with Gasteiger partial charge in [0.1, 0.15) is 0 Å². The Morgan fingerprint density at radius 2 is 1.75 bits per heavy atom. The molecule has 7 heteroatoms. The second-order valence-corrected chi connectivity index (χ2v) is 6.08. The summed E-state index contributed by atoms with van der Waals surface area (Å²) in [7, 11) is 1.12. The summed E-state index contributed by atoms with van der Waals surface area (Å²) in [6, 6.07) is 7.76. The van der Waals surface area contributed by atoms with Gasteiger partial charge in [0.05, 0.1) is 19.1 Å². The van der Waals surface area contributed by atoms with E-state index in [0.29, 0.717) is 0 Å². The molecular formula is C17H24N2O5. The summed E-state index contributed by atoms with van der Waals surface area (Å²) in [6.07, 6.45) is 0.123. The molecule has 0 spiro atoms. The molecule has 132 valence electrons. The summed E-state index contributed by atoms with van der Waals surface area (Å²) in [6.45, 7) is 3.20. The van der Waals surface area contributed by atoms with Crippen molar-refractivity contribution in [3.8, 4) is 0 Å². The highest BCUT2D eigenvalue weighted by Crippen LogP contribution is 2.27. The number of nitrogens with two attached hydrogens (primary N) is 2. The molecule has 24 heavy (non-hydrogen) atoms. The molecule has 3 atom stereocenters. The maximum Gasteiger partial charge on any atom is 0.332 e. The Kier molecular flexibility index (Phi) is 6.62. The van der Waals surface area contributed by atoms with Crippen LogP contribution >= 0.6 is 0 Å². The lowest BCUT2D eigenvalue weighted by Gasteiger charge is -2.34. The van der Waals surface area contributed by atoms with Crippen molar-refractivity contribution >= 4 is 17.7 Å². The topological polar surface area (TPSA) is 133 Å². The first-order chi connectivity index (χ1) is 11.2. The van der Waals surface area contributed by atoms with Crippen molar-refractivity contribution in [1.29, 1.82) is 0 Å². The number of carbonyl (C=O) groups excluding carboxylic acids is 2. The number of aliphatic carboxylic acids is 1. The molecule has 0 heterocycles. The number of methoxy groups -OCH3 is 1. The molecule has 0 aliphatic rings. The van der Waals surface area contributed by atoms with Gasteiger partial charge in [0.2, 0.25) is 0 Å². The molecule has 1 aromatic rings. The van der Waals surface area contributed by atoms with E-state index in [2.05, 4.69) is 4.74 Å². The van der Waals surface area contributed by atoms with Gasteiger partial charge in [-0.05, 0) is 17.9 Å². The number of benzene rings is 1. The van der Waals surface area contributed by atoms with E-state index in [4.69, 9.17) is 11.5 Å². The third-order valence-electron chi connectivity index (χ3n) is 4.01. The van der Waals surface area contributed by atoms with Crippen LogP contribution in [0.2, 0.25) is 0 Å². The maximum absolute atomic E-state index is 12.7. The van der Waals surface area contributed by atoms with Crippen molar-refractivity contribution in [3.63, 3.8) is 0 Å². The molecule has 0 aliphatic heterocycles. The van der Waals surface area contributed by atoms with E-state index in [-0.39, 0.29) is 6.42 Å². The minimum atomic E-state index is -2.45. The molecule has 1 aromatic carbocycles. The van der Waals surface area contributed by atoms with Crippen LogP contribution in [0.3, 0.4) is 0 Å². The summed E-state index contributed by atoms with van der Waals surface area (Å²) in [5, 5.41) is 9.57. The van der Waals surface area contributed by atoms with Crippen molar-refractivity contribution in [1.82, 2.24) is 0 Å². The molecule has 0 aliphatic carbocycles. The Hall–Kier alpha value is -2.25. The fourth-order valence-corrected chi connectivity index (χ4v) is 2.77. The Bertz CT molecular complexity index is 602. The van der Waals surface area contributed by atoms with Gasteiger partial charge >= 0.3 is 11.9 Å². The molecule has 5 N–H and O–H groups in total. The van der Waals surface area contributed by atoms with Crippen LogP contribution in [0.25, 0.3) is 0 Å². The Labute approximate surface area is 141 Å². The minimum Gasteiger partial charge on any atom is -0.480 e.